The molecule has 2 N–H and O–H groups in total. The Morgan fingerprint density at radius 3 is 2.48 bits per heavy atom. The van der Waals surface area contributed by atoms with Crippen molar-refractivity contribution < 1.29 is 9.28 Å². The number of quaternary nitrogens is 1. The van der Waals surface area contributed by atoms with E-state index >= 15 is 0 Å². The fraction of sp³-hybridized carbons (Fsp3) is 0.762. The molecule has 1 heterocycles. The molecule has 1 aliphatic rings. The van der Waals surface area contributed by atoms with Gasteiger partial charge in [-0.05, 0) is 19.8 Å². The number of hydrogen-bond donors (Lipinski definition) is 2. The quantitative estimate of drug-likeness (QED) is 0.285. The second-order valence-corrected chi connectivity index (χ2v) is 7.30. The number of amides is 1. The van der Waals surface area contributed by atoms with Gasteiger partial charge in [0.1, 0.15) is 6.20 Å². The van der Waals surface area contributed by atoms with Crippen LogP contribution in [0.1, 0.15) is 85.5 Å². The molecule has 4 nitrogen and oxygen atoms in total. The summed E-state index contributed by atoms with van der Waals surface area (Å²) in [5.41, 5.74) is 0. The zero-order valence-electron chi connectivity index (χ0n) is 16.9. The average Bonchev–Trinajstić information content (AvgIpc) is 3.00. The predicted octanol–water partition coefficient (Wildman–Crippen LogP) is 4.79. The van der Waals surface area contributed by atoms with Gasteiger partial charge in [-0.2, -0.15) is 0 Å². The van der Waals surface area contributed by atoms with E-state index in [0.717, 1.165) is 17.4 Å². The van der Waals surface area contributed by atoms with E-state index in [4.69, 9.17) is 0 Å². The number of nitrogens with zero attached hydrogens (tertiary/aromatic N) is 1. The molecule has 1 aliphatic heterocycles. The van der Waals surface area contributed by atoms with Crippen LogP contribution in [0.25, 0.3) is 0 Å². The minimum absolute atomic E-state index is 0.0342. The van der Waals surface area contributed by atoms with Crippen LogP contribution in [0.4, 0.5) is 0 Å². The van der Waals surface area contributed by atoms with Gasteiger partial charge in [0, 0.05) is 20.3 Å². The summed E-state index contributed by atoms with van der Waals surface area (Å²) in [5, 5.41) is 6.54. The van der Waals surface area contributed by atoms with Gasteiger partial charge in [0.05, 0.1) is 12.7 Å². The van der Waals surface area contributed by atoms with Crippen molar-refractivity contribution in [2.45, 2.75) is 97.8 Å². The lowest BCUT2D eigenvalue weighted by Gasteiger charge is -2.41. The standard InChI is InChI=1S/C21H39N3O/c1-5-7-8-9-10-11-12-13-14-15-16-21-22-17-18-24(21,6-2)19(3)23-20(4)25/h14-15,17-19,21-22H,5-13,16H2,1-4H3/p+1/b15-14+. The molecule has 0 aliphatic carbocycles. The van der Waals surface area contributed by atoms with E-state index in [-0.39, 0.29) is 12.1 Å². The monoisotopic (exact) mass is 350 g/mol. The smallest absolute Gasteiger partial charge is 0.221 e. The highest BCUT2D eigenvalue weighted by atomic mass is 16.1. The maximum absolute atomic E-state index is 11.4. The Bertz CT molecular complexity index is 433. The molecule has 0 aromatic carbocycles. The van der Waals surface area contributed by atoms with Gasteiger partial charge in [-0.1, -0.05) is 57.6 Å². The van der Waals surface area contributed by atoms with Crippen molar-refractivity contribution in [3.8, 4) is 0 Å². The summed E-state index contributed by atoms with van der Waals surface area (Å²) in [6.45, 7) is 9.10. The van der Waals surface area contributed by atoms with E-state index in [0.29, 0.717) is 6.17 Å². The van der Waals surface area contributed by atoms with Crippen LogP contribution in [-0.2, 0) is 4.79 Å². The Morgan fingerprint density at radius 1 is 1.16 bits per heavy atom. The number of carbonyl (C=O) groups is 1. The summed E-state index contributed by atoms with van der Waals surface area (Å²) in [6, 6.07) is 0. The first-order valence-electron chi connectivity index (χ1n) is 10.3. The van der Waals surface area contributed by atoms with Gasteiger partial charge in [0.15, 0.2) is 12.3 Å². The van der Waals surface area contributed by atoms with Crippen LogP contribution in [0.2, 0.25) is 0 Å². The Balaban J connectivity index is 2.31. The minimum Gasteiger partial charge on any atom is -0.337 e. The Morgan fingerprint density at radius 2 is 1.84 bits per heavy atom. The van der Waals surface area contributed by atoms with E-state index < -0.39 is 0 Å². The van der Waals surface area contributed by atoms with Crippen LogP contribution in [-0.4, -0.2) is 29.3 Å². The molecule has 0 saturated heterocycles. The lowest BCUT2D eigenvalue weighted by atomic mass is 10.1. The summed E-state index contributed by atoms with van der Waals surface area (Å²) >= 11 is 0. The van der Waals surface area contributed by atoms with Gasteiger partial charge in [-0.25, -0.2) is 0 Å². The molecular weight excluding hydrogens is 310 g/mol. The molecule has 144 valence electrons. The number of carbonyl (C=O) groups excluding carboxylic acids is 1. The van der Waals surface area contributed by atoms with E-state index in [9.17, 15) is 4.79 Å². The highest BCUT2D eigenvalue weighted by Gasteiger charge is 2.41. The first-order valence-corrected chi connectivity index (χ1v) is 10.3. The van der Waals surface area contributed by atoms with Crippen LogP contribution in [0.15, 0.2) is 24.6 Å². The molecule has 1 amide bonds. The zero-order chi connectivity index (χ0) is 18.5. The number of hydrogen-bond acceptors (Lipinski definition) is 2. The third-order valence-electron chi connectivity index (χ3n) is 5.40. The molecular formula is C21H40N3O+. The van der Waals surface area contributed by atoms with Crippen LogP contribution in [0.5, 0.6) is 0 Å². The van der Waals surface area contributed by atoms with E-state index in [1.165, 1.54) is 51.4 Å². The fourth-order valence-electron chi connectivity index (χ4n) is 3.78. The second-order valence-electron chi connectivity index (χ2n) is 7.30. The van der Waals surface area contributed by atoms with Crippen molar-refractivity contribution in [3.05, 3.63) is 24.6 Å². The lowest BCUT2D eigenvalue weighted by Crippen LogP contribution is -2.62. The van der Waals surface area contributed by atoms with Crippen LogP contribution < -0.4 is 10.6 Å². The molecule has 0 spiro atoms. The number of rotatable bonds is 13. The van der Waals surface area contributed by atoms with E-state index in [2.05, 4.69) is 49.8 Å². The first-order chi connectivity index (χ1) is 12.1. The van der Waals surface area contributed by atoms with Crippen molar-refractivity contribution in [1.29, 1.82) is 0 Å². The lowest BCUT2D eigenvalue weighted by molar-refractivity contribution is -0.923. The van der Waals surface area contributed by atoms with E-state index in [1.54, 1.807) is 6.92 Å². The normalized spacial score (nSPS) is 23.8. The Labute approximate surface area is 155 Å². The predicted molar refractivity (Wildman–Crippen MR) is 107 cm³/mol. The van der Waals surface area contributed by atoms with Gasteiger partial charge in [0.25, 0.3) is 0 Å². The summed E-state index contributed by atoms with van der Waals surface area (Å²) < 4.78 is 0.765. The summed E-state index contributed by atoms with van der Waals surface area (Å²) in [5.74, 6) is 0.0342. The second kappa shape index (κ2) is 12.1. The summed E-state index contributed by atoms with van der Waals surface area (Å²) in [6.07, 6.45) is 21.0. The zero-order valence-corrected chi connectivity index (χ0v) is 16.9. The number of nitrogens with one attached hydrogen (secondary N) is 2. The summed E-state index contributed by atoms with van der Waals surface area (Å²) in [7, 11) is 0. The largest absolute Gasteiger partial charge is 0.337 e. The Hall–Kier alpha value is -1.29. The molecule has 25 heavy (non-hydrogen) atoms. The van der Waals surface area contributed by atoms with Gasteiger partial charge in [-0.3, -0.25) is 9.28 Å². The van der Waals surface area contributed by atoms with Gasteiger partial charge in [-0.15, -0.1) is 0 Å². The molecule has 0 aromatic rings. The third-order valence-corrected chi connectivity index (χ3v) is 5.40. The van der Waals surface area contributed by atoms with Gasteiger partial charge >= 0.3 is 0 Å². The maximum atomic E-state index is 11.4. The third kappa shape index (κ3) is 7.23. The molecule has 3 unspecified atom stereocenters. The Kier molecular flexibility index (Phi) is 10.6. The molecule has 4 heteroatoms. The van der Waals surface area contributed by atoms with Gasteiger partial charge in [0.2, 0.25) is 5.91 Å². The highest BCUT2D eigenvalue weighted by molar-refractivity contribution is 5.72. The first kappa shape index (κ1) is 21.8. The van der Waals surface area contributed by atoms with Crippen molar-refractivity contribution in [2.24, 2.45) is 0 Å². The summed E-state index contributed by atoms with van der Waals surface area (Å²) in [4.78, 5) is 11.4. The van der Waals surface area contributed by atoms with Crippen molar-refractivity contribution in [1.82, 2.24) is 10.6 Å². The van der Waals surface area contributed by atoms with Crippen LogP contribution in [0, 0.1) is 0 Å². The number of unbranched alkanes of at least 4 members (excludes halogenated alkanes) is 7. The van der Waals surface area contributed by atoms with Crippen molar-refractivity contribution >= 4 is 5.91 Å². The minimum atomic E-state index is 0.0342. The van der Waals surface area contributed by atoms with Gasteiger partial charge < -0.3 is 10.6 Å². The fourth-order valence-corrected chi connectivity index (χ4v) is 3.78. The molecule has 0 fully saturated rings. The molecule has 3 atom stereocenters. The molecule has 0 aromatic heterocycles. The average molecular weight is 351 g/mol. The molecule has 1 rings (SSSR count). The van der Waals surface area contributed by atoms with Crippen molar-refractivity contribution in [3.63, 3.8) is 0 Å². The highest BCUT2D eigenvalue weighted by Crippen LogP contribution is 2.24. The molecule has 0 bridgehead atoms. The van der Waals surface area contributed by atoms with Crippen LogP contribution in [0.3, 0.4) is 0 Å². The molecule has 0 radical (unpaired) electrons. The van der Waals surface area contributed by atoms with Crippen molar-refractivity contribution in [2.75, 3.05) is 6.54 Å². The number of allylic oxidation sites excluding steroid dienone is 1. The molecule has 0 saturated carbocycles. The SMILES string of the molecule is CCCCCCCCC/C=C/CC1NC=C[N+]1(CC)C(C)NC(C)=O. The maximum Gasteiger partial charge on any atom is 0.221 e. The van der Waals surface area contributed by atoms with Crippen LogP contribution >= 0.6 is 0 Å². The van der Waals surface area contributed by atoms with E-state index in [1.807, 2.05) is 6.20 Å². The topological polar surface area (TPSA) is 41.1 Å².